The molecule has 0 saturated carbocycles. The summed E-state index contributed by atoms with van der Waals surface area (Å²) in [5.74, 6) is 0. The first-order valence-electron chi connectivity index (χ1n) is 4.91. The molecule has 1 aliphatic heterocycles. The molecule has 2 N–H and O–H groups in total. The van der Waals surface area contributed by atoms with Gasteiger partial charge in [-0.05, 0) is 37.1 Å². The van der Waals surface area contributed by atoms with Gasteiger partial charge in [0.25, 0.3) is 0 Å². The molecule has 0 amide bonds. The van der Waals surface area contributed by atoms with Gasteiger partial charge in [0.1, 0.15) is 0 Å². The molecule has 80 valence electrons. The monoisotopic (exact) mass is 223 g/mol. The van der Waals surface area contributed by atoms with E-state index < -0.39 is 9.84 Å². The van der Waals surface area contributed by atoms with Crippen LogP contribution in [0.3, 0.4) is 0 Å². The van der Waals surface area contributed by atoms with E-state index in [4.69, 9.17) is 5.73 Å². The van der Waals surface area contributed by atoms with Gasteiger partial charge in [-0.3, -0.25) is 0 Å². The summed E-state index contributed by atoms with van der Waals surface area (Å²) in [5.41, 5.74) is 6.17. The number of rotatable bonds is 3. The highest BCUT2D eigenvalue weighted by molar-refractivity contribution is 7.95. The summed E-state index contributed by atoms with van der Waals surface area (Å²) in [7, 11) is -3.21. The van der Waals surface area contributed by atoms with E-state index in [1.54, 1.807) is 18.2 Å². The molecule has 1 aromatic carbocycles. The lowest BCUT2D eigenvalue weighted by molar-refractivity contribution is 0.601. The van der Waals surface area contributed by atoms with E-state index in [1.165, 1.54) is 0 Å². The lowest BCUT2D eigenvalue weighted by atomic mass is 10.2. The standard InChI is InChI=1S/C11H13NO2S/c12-7-3-5-10-8-9-4-1-2-6-11(9)15(10,13)14/h1-2,4,6,8H,3,5,7,12H2. The van der Waals surface area contributed by atoms with E-state index in [2.05, 4.69) is 0 Å². The fourth-order valence-corrected chi connectivity index (χ4v) is 3.39. The van der Waals surface area contributed by atoms with Gasteiger partial charge in [0, 0.05) is 4.91 Å². The molecule has 0 aliphatic carbocycles. The summed E-state index contributed by atoms with van der Waals surface area (Å²) in [5, 5.41) is 0. The molecule has 1 aliphatic rings. The van der Waals surface area contributed by atoms with Crippen LogP contribution in [0.4, 0.5) is 0 Å². The molecular weight excluding hydrogens is 210 g/mol. The van der Waals surface area contributed by atoms with Crippen LogP contribution < -0.4 is 5.73 Å². The highest BCUT2D eigenvalue weighted by Gasteiger charge is 2.28. The molecule has 0 aromatic heterocycles. The first kappa shape index (κ1) is 10.4. The van der Waals surface area contributed by atoms with Gasteiger partial charge >= 0.3 is 0 Å². The van der Waals surface area contributed by atoms with E-state index in [9.17, 15) is 8.42 Å². The van der Waals surface area contributed by atoms with Crippen LogP contribution >= 0.6 is 0 Å². The van der Waals surface area contributed by atoms with Crippen LogP contribution in [-0.2, 0) is 9.84 Å². The van der Waals surface area contributed by atoms with Crippen molar-refractivity contribution in [3.05, 3.63) is 34.7 Å². The lowest BCUT2D eigenvalue weighted by Crippen LogP contribution is -2.04. The molecule has 2 rings (SSSR count). The van der Waals surface area contributed by atoms with Crippen LogP contribution in [0.1, 0.15) is 18.4 Å². The van der Waals surface area contributed by atoms with E-state index in [0.29, 0.717) is 29.2 Å². The normalized spacial score (nSPS) is 17.3. The molecular formula is C11H13NO2S. The van der Waals surface area contributed by atoms with Gasteiger partial charge in [-0.25, -0.2) is 8.42 Å². The van der Waals surface area contributed by atoms with E-state index in [1.807, 2.05) is 12.1 Å². The zero-order chi connectivity index (χ0) is 10.9. The van der Waals surface area contributed by atoms with Crippen molar-refractivity contribution in [1.82, 2.24) is 0 Å². The van der Waals surface area contributed by atoms with Gasteiger partial charge in [0.15, 0.2) is 0 Å². The molecule has 1 aromatic rings. The van der Waals surface area contributed by atoms with E-state index in [-0.39, 0.29) is 0 Å². The Kier molecular flexibility index (Phi) is 2.63. The van der Waals surface area contributed by atoms with Gasteiger partial charge in [-0.1, -0.05) is 18.2 Å². The number of nitrogens with two attached hydrogens (primary N) is 1. The number of sulfone groups is 1. The Morgan fingerprint density at radius 1 is 1.20 bits per heavy atom. The first-order valence-corrected chi connectivity index (χ1v) is 6.39. The lowest BCUT2D eigenvalue weighted by Gasteiger charge is -2.01. The molecule has 4 heteroatoms. The Morgan fingerprint density at radius 3 is 2.60 bits per heavy atom. The second-order valence-corrected chi connectivity index (χ2v) is 5.52. The van der Waals surface area contributed by atoms with Crippen LogP contribution in [0.15, 0.2) is 34.1 Å². The van der Waals surface area contributed by atoms with Crippen LogP contribution in [0, 0.1) is 0 Å². The number of hydrogen-bond donors (Lipinski definition) is 1. The fraction of sp³-hybridized carbons (Fsp3) is 0.273. The molecule has 0 spiro atoms. The maximum absolute atomic E-state index is 12.0. The zero-order valence-electron chi connectivity index (χ0n) is 8.31. The summed E-state index contributed by atoms with van der Waals surface area (Å²) in [6.07, 6.45) is 2.99. The topological polar surface area (TPSA) is 60.2 Å². The Morgan fingerprint density at radius 2 is 1.93 bits per heavy atom. The third-order valence-electron chi connectivity index (χ3n) is 2.50. The molecule has 1 heterocycles. The molecule has 0 bridgehead atoms. The number of hydrogen-bond acceptors (Lipinski definition) is 3. The molecule has 3 nitrogen and oxygen atoms in total. The SMILES string of the molecule is NCCCC1=Cc2ccccc2S1(=O)=O. The highest BCUT2D eigenvalue weighted by Crippen LogP contribution is 2.34. The average Bonchev–Trinajstić information content (AvgIpc) is 2.48. The smallest absolute Gasteiger partial charge is 0.203 e. The summed E-state index contributed by atoms with van der Waals surface area (Å²) in [6.45, 7) is 0.517. The average molecular weight is 223 g/mol. The van der Waals surface area contributed by atoms with Crippen molar-refractivity contribution in [3.63, 3.8) is 0 Å². The minimum atomic E-state index is -3.21. The molecule has 0 fully saturated rings. The predicted molar refractivity (Wildman–Crippen MR) is 59.9 cm³/mol. The maximum atomic E-state index is 12.0. The Labute approximate surface area is 89.5 Å². The van der Waals surface area contributed by atoms with Crippen molar-refractivity contribution in [2.75, 3.05) is 6.54 Å². The van der Waals surface area contributed by atoms with Gasteiger partial charge in [0.05, 0.1) is 4.90 Å². The Hall–Kier alpha value is -1.13. The molecule has 0 saturated heterocycles. The quantitative estimate of drug-likeness (QED) is 0.845. The maximum Gasteiger partial charge on any atom is 0.203 e. The Bertz CT molecular complexity index is 503. The second kappa shape index (κ2) is 3.79. The summed E-state index contributed by atoms with van der Waals surface area (Å²) in [4.78, 5) is 0.922. The summed E-state index contributed by atoms with van der Waals surface area (Å²) in [6, 6.07) is 7.06. The van der Waals surface area contributed by atoms with Gasteiger partial charge in [-0.15, -0.1) is 0 Å². The van der Waals surface area contributed by atoms with Crippen molar-refractivity contribution in [2.24, 2.45) is 5.73 Å². The molecule has 0 atom stereocenters. The van der Waals surface area contributed by atoms with Crippen LogP contribution in [-0.4, -0.2) is 15.0 Å². The number of fused-ring (bicyclic) bond motifs is 1. The predicted octanol–water partition coefficient (Wildman–Crippen LogP) is 1.55. The van der Waals surface area contributed by atoms with Crippen molar-refractivity contribution in [1.29, 1.82) is 0 Å². The van der Waals surface area contributed by atoms with Crippen LogP contribution in [0.25, 0.3) is 6.08 Å². The highest BCUT2D eigenvalue weighted by atomic mass is 32.2. The number of benzene rings is 1. The third-order valence-corrected chi connectivity index (χ3v) is 4.46. The van der Waals surface area contributed by atoms with E-state index in [0.717, 1.165) is 5.56 Å². The minimum Gasteiger partial charge on any atom is -0.330 e. The second-order valence-electron chi connectivity index (χ2n) is 3.54. The minimum absolute atomic E-state index is 0.428. The van der Waals surface area contributed by atoms with Gasteiger partial charge in [0.2, 0.25) is 9.84 Å². The fourth-order valence-electron chi connectivity index (χ4n) is 1.72. The van der Waals surface area contributed by atoms with Gasteiger partial charge < -0.3 is 5.73 Å². The first-order chi connectivity index (χ1) is 7.16. The largest absolute Gasteiger partial charge is 0.330 e. The molecule has 0 unspecified atom stereocenters. The Balaban J connectivity index is 2.41. The van der Waals surface area contributed by atoms with Gasteiger partial charge in [-0.2, -0.15) is 0 Å². The van der Waals surface area contributed by atoms with Crippen molar-refractivity contribution in [3.8, 4) is 0 Å². The zero-order valence-corrected chi connectivity index (χ0v) is 9.13. The summed E-state index contributed by atoms with van der Waals surface area (Å²) >= 11 is 0. The van der Waals surface area contributed by atoms with Crippen LogP contribution in [0.2, 0.25) is 0 Å². The molecule has 0 radical (unpaired) electrons. The van der Waals surface area contributed by atoms with Crippen molar-refractivity contribution < 1.29 is 8.42 Å². The van der Waals surface area contributed by atoms with Crippen molar-refractivity contribution in [2.45, 2.75) is 17.7 Å². The van der Waals surface area contributed by atoms with Crippen molar-refractivity contribution >= 4 is 15.9 Å². The molecule has 15 heavy (non-hydrogen) atoms. The third kappa shape index (κ3) is 1.70. The summed E-state index contributed by atoms with van der Waals surface area (Å²) < 4.78 is 24.0. The van der Waals surface area contributed by atoms with Crippen LogP contribution in [0.5, 0.6) is 0 Å². The van der Waals surface area contributed by atoms with E-state index >= 15 is 0 Å². The number of allylic oxidation sites excluding steroid dienone is 1.